The van der Waals surface area contributed by atoms with Crippen LogP contribution in [0.15, 0.2) is 23.2 Å². The topological polar surface area (TPSA) is 58.5 Å². The van der Waals surface area contributed by atoms with Crippen LogP contribution < -0.4 is 15.4 Å². The monoisotopic (exact) mass is 352 g/mol. The first-order chi connectivity index (χ1) is 11.0. The van der Waals surface area contributed by atoms with E-state index in [1.165, 1.54) is 4.88 Å². The molecular weight excluding hydrogens is 332 g/mol. The number of ether oxygens (including phenoxy) is 1. The van der Waals surface area contributed by atoms with Crippen molar-refractivity contribution in [2.45, 2.75) is 26.9 Å². The number of halogens is 1. The van der Waals surface area contributed by atoms with Crippen molar-refractivity contribution >= 4 is 28.9 Å². The molecule has 0 amide bonds. The lowest BCUT2D eigenvalue weighted by Crippen LogP contribution is -2.36. The number of methoxy groups -OCH3 is 1. The van der Waals surface area contributed by atoms with Gasteiger partial charge in [-0.05, 0) is 26.0 Å². The molecule has 0 spiro atoms. The van der Waals surface area contributed by atoms with Crippen LogP contribution in [-0.4, -0.2) is 25.1 Å². The van der Waals surface area contributed by atoms with E-state index in [9.17, 15) is 0 Å². The predicted molar refractivity (Wildman–Crippen MR) is 96.6 cm³/mol. The summed E-state index contributed by atoms with van der Waals surface area (Å²) in [7, 11) is 3.39. The molecule has 5 nitrogen and oxygen atoms in total. The summed E-state index contributed by atoms with van der Waals surface area (Å²) in [5, 5.41) is 8.31. The average Bonchev–Trinajstić information content (AvgIpc) is 2.86. The highest BCUT2D eigenvalue weighted by atomic mass is 35.5. The van der Waals surface area contributed by atoms with Crippen LogP contribution in [0.3, 0.4) is 0 Å². The van der Waals surface area contributed by atoms with Crippen LogP contribution in [0.5, 0.6) is 5.75 Å². The standard InChI is InChI=1S/C16H21ClN4OS/c1-10-15(23-11(2)21-10)9-20-16(18-3)19-8-12-5-6-13(17)7-14(12)22-4/h5-7H,8-9H2,1-4H3,(H2,18,19,20). The van der Waals surface area contributed by atoms with Crippen LogP contribution >= 0.6 is 22.9 Å². The van der Waals surface area contributed by atoms with Gasteiger partial charge in [-0.25, -0.2) is 4.98 Å². The summed E-state index contributed by atoms with van der Waals surface area (Å²) in [5.74, 6) is 1.49. The van der Waals surface area contributed by atoms with E-state index < -0.39 is 0 Å². The highest BCUT2D eigenvalue weighted by molar-refractivity contribution is 7.11. The molecule has 0 saturated carbocycles. The van der Waals surface area contributed by atoms with Crippen LogP contribution in [0.4, 0.5) is 0 Å². The van der Waals surface area contributed by atoms with Gasteiger partial charge in [0, 0.05) is 29.1 Å². The Morgan fingerprint density at radius 3 is 2.65 bits per heavy atom. The number of hydrogen-bond donors (Lipinski definition) is 2. The molecule has 1 heterocycles. The Bertz CT molecular complexity index is 699. The fraction of sp³-hybridized carbons (Fsp3) is 0.375. The lowest BCUT2D eigenvalue weighted by Gasteiger charge is -2.13. The second-order valence-electron chi connectivity index (χ2n) is 4.98. The fourth-order valence-corrected chi connectivity index (χ4v) is 3.20. The lowest BCUT2D eigenvalue weighted by atomic mass is 10.2. The number of nitrogens with one attached hydrogen (secondary N) is 2. The molecule has 23 heavy (non-hydrogen) atoms. The summed E-state index contributed by atoms with van der Waals surface area (Å²) in [6, 6.07) is 5.59. The summed E-state index contributed by atoms with van der Waals surface area (Å²) in [4.78, 5) is 9.89. The third-order valence-corrected chi connectivity index (χ3v) is 4.64. The minimum atomic E-state index is 0.598. The van der Waals surface area contributed by atoms with Crippen molar-refractivity contribution in [1.82, 2.24) is 15.6 Å². The van der Waals surface area contributed by atoms with Gasteiger partial charge >= 0.3 is 0 Å². The molecule has 2 rings (SSSR count). The Morgan fingerprint density at radius 1 is 1.30 bits per heavy atom. The van der Waals surface area contributed by atoms with E-state index in [1.807, 2.05) is 26.0 Å². The summed E-state index contributed by atoms with van der Waals surface area (Å²) >= 11 is 7.68. The maximum Gasteiger partial charge on any atom is 0.191 e. The molecule has 2 N–H and O–H groups in total. The molecule has 0 fully saturated rings. The first-order valence-electron chi connectivity index (χ1n) is 7.23. The molecule has 1 aromatic carbocycles. The van der Waals surface area contributed by atoms with Crippen LogP contribution in [0.1, 0.15) is 21.1 Å². The minimum absolute atomic E-state index is 0.598. The largest absolute Gasteiger partial charge is 0.496 e. The number of benzene rings is 1. The summed E-state index contributed by atoms with van der Waals surface area (Å²) in [5.41, 5.74) is 2.08. The number of guanidine groups is 1. The highest BCUT2D eigenvalue weighted by Gasteiger charge is 2.07. The van der Waals surface area contributed by atoms with Crippen molar-refractivity contribution in [2.75, 3.05) is 14.2 Å². The van der Waals surface area contributed by atoms with Crippen molar-refractivity contribution in [3.63, 3.8) is 0 Å². The van der Waals surface area contributed by atoms with E-state index >= 15 is 0 Å². The van der Waals surface area contributed by atoms with Gasteiger partial charge in [-0.1, -0.05) is 17.7 Å². The molecule has 0 aliphatic heterocycles. The Hall–Kier alpha value is -1.79. The number of aryl methyl sites for hydroxylation is 2. The minimum Gasteiger partial charge on any atom is -0.496 e. The van der Waals surface area contributed by atoms with Gasteiger partial charge in [0.15, 0.2) is 5.96 Å². The number of thiazole rings is 1. The fourth-order valence-electron chi connectivity index (χ4n) is 2.17. The van der Waals surface area contributed by atoms with Gasteiger partial charge in [-0.15, -0.1) is 11.3 Å². The molecule has 124 valence electrons. The summed E-state index contributed by atoms with van der Waals surface area (Å²) < 4.78 is 5.35. The number of hydrogen-bond acceptors (Lipinski definition) is 4. The van der Waals surface area contributed by atoms with Crippen LogP contribution in [-0.2, 0) is 13.1 Å². The molecule has 0 aliphatic rings. The van der Waals surface area contributed by atoms with Gasteiger partial charge in [0.05, 0.1) is 24.4 Å². The molecule has 0 bridgehead atoms. The van der Waals surface area contributed by atoms with E-state index in [1.54, 1.807) is 31.6 Å². The number of aromatic nitrogens is 1. The normalized spacial score (nSPS) is 11.4. The second-order valence-corrected chi connectivity index (χ2v) is 6.70. The first-order valence-corrected chi connectivity index (χ1v) is 8.42. The summed E-state index contributed by atoms with van der Waals surface area (Å²) in [6.45, 7) is 5.34. The Morgan fingerprint density at radius 2 is 2.04 bits per heavy atom. The Balaban J connectivity index is 1.94. The molecule has 0 unspecified atom stereocenters. The zero-order valence-electron chi connectivity index (χ0n) is 13.7. The van der Waals surface area contributed by atoms with Gasteiger partial charge in [0.2, 0.25) is 0 Å². The zero-order valence-corrected chi connectivity index (χ0v) is 15.3. The van der Waals surface area contributed by atoms with Crippen molar-refractivity contribution in [3.05, 3.63) is 44.4 Å². The third-order valence-electron chi connectivity index (χ3n) is 3.34. The first kappa shape index (κ1) is 17.6. The van der Waals surface area contributed by atoms with Gasteiger partial charge < -0.3 is 15.4 Å². The Kier molecular flexibility index (Phi) is 6.24. The second kappa shape index (κ2) is 8.17. The van der Waals surface area contributed by atoms with Crippen LogP contribution in [0, 0.1) is 13.8 Å². The van der Waals surface area contributed by atoms with Gasteiger partial charge in [0.25, 0.3) is 0 Å². The summed E-state index contributed by atoms with van der Waals surface area (Å²) in [6.07, 6.45) is 0. The number of aliphatic imine (C=N–C) groups is 1. The van der Waals surface area contributed by atoms with E-state index in [2.05, 4.69) is 20.6 Å². The third kappa shape index (κ3) is 4.84. The smallest absolute Gasteiger partial charge is 0.191 e. The van der Waals surface area contributed by atoms with Crippen LogP contribution in [0.2, 0.25) is 5.02 Å². The maximum atomic E-state index is 5.98. The molecule has 2 aromatic rings. The van der Waals surface area contributed by atoms with Gasteiger partial charge in [0.1, 0.15) is 5.75 Å². The SMILES string of the molecule is CN=C(NCc1ccc(Cl)cc1OC)NCc1sc(C)nc1C. The van der Waals surface area contributed by atoms with Crippen molar-refractivity contribution < 1.29 is 4.74 Å². The van der Waals surface area contributed by atoms with Gasteiger partial charge in [-0.2, -0.15) is 0 Å². The maximum absolute atomic E-state index is 5.98. The van der Waals surface area contributed by atoms with Crippen molar-refractivity contribution in [2.24, 2.45) is 4.99 Å². The van der Waals surface area contributed by atoms with Crippen molar-refractivity contribution in [3.8, 4) is 5.75 Å². The molecule has 0 saturated heterocycles. The molecule has 0 atom stereocenters. The lowest BCUT2D eigenvalue weighted by molar-refractivity contribution is 0.409. The van der Waals surface area contributed by atoms with E-state index in [-0.39, 0.29) is 0 Å². The predicted octanol–water partition coefficient (Wildman–Crippen LogP) is 3.29. The average molecular weight is 353 g/mol. The molecule has 1 aromatic heterocycles. The highest BCUT2D eigenvalue weighted by Crippen LogP contribution is 2.22. The number of rotatable bonds is 5. The zero-order chi connectivity index (χ0) is 16.8. The van der Waals surface area contributed by atoms with E-state index in [4.69, 9.17) is 16.3 Å². The molecule has 7 heteroatoms. The Labute approximate surface area is 145 Å². The van der Waals surface area contributed by atoms with E-state index in [0.717, 1.165) is 28.0 Å². The quantitative estimate of drug-likeness (QED) is 0.640. The molecule has 0 aliphatic carbocycles. The molecular formula is C16H21ClN4OS. The van der Waals surface area contributed by atoms with Gasteiger partial charge in [-0.3, -0.25) is 4.99 Å². The number of nitrogens with zero attached hydrogens (tertiary/aromatic N) is 2. The molecule has 0 radical (unpaired) electrons. The van der Waals surface area contributed by atoms with Crippen molar-refractivity contribution in [1.29, 1.82) is 0 Å². The van der Waals surface area contributed by atoms with E-state index in [0.29, 0.717) is 18.1 Å². The van der Waals surface area contributed by atoms with Crippen LogP contribution in [0.25, 0.3) is 0 Å².